The van der Waals surface area contributed by atoms with E-state index in [0.29, 0.717) is 6.42 Å². The zero-order valence-electron chi connectivity index (χ0n) is 30.9. The van der Waals surface area contributed by atoms with Crippen molar-refractivity contribution >= 4 is 5.91 Å². The molecule has 5 nitrogen and oxygen atoms in total. The molecule has 0 aliphatic carbocycles. The quantitative estimate of drug-likeness (QED) is 0.0402. The van der Waals surface area contributed by atoms with E-state index in [-0.39, 0.29) is 6.61 Å². The zero-order valence-corrected chi connectivity index (χ0v) is 30.9. The van der Waals surface area contributed by atoms with Crippen LogP contribution in [0.15, 0.2) is 48.6 Å². The van der Waals surface area contributed by atoms with E-state index >= 15 is 0 Å². The molecule has 0 radical (unpaired) electrons. The maximum Gasteiger partial charge on any atom is 0.249 e. The summed E-state index contributed by atoms with van der Waals surface area (Å²) in [6.07, 6.45) is 47.1. The number of carbonyl (C=O) groups excluding carboxylic acids is 1. The number of nitrogens with one attached hydrogen (secondary N) is 1. The molecule has 0 aliphatic rings. The van der Waals surface area contributed by atoms with Crippen LogP contribution in [0.2, 0.25) is 0 Å². The molecule has 0 aromatic carbocycles. The SMILES string of the molecule is CCCCCCCC/C=C\CCCCC(O)C(=O)NC(CO)C(O)/C=C/CC/C=C/CC/C=C/CCCCCCCCCCCCC. The molecule has 5 heteroatoms. The van der Waals surface area contributed by atoms with Crippen LogP contribution in [0.4, 0.5) is 0 Å². The third-order valence-corrected chi connectivity index (χ3v) is 8.87. The Balaban J connectivity index is 3.82. The van der Waals surface area contributed by atoms with Crippen molar-refractivity contribution < 1.29 is 20.1 Å². The number of unbranched alkanes of at least 4 members (excludes halogenated alkanes) is 21. The first kappa shape index (κ1) is 45.3. The van der Waals surface area contributed by atoms with E-state index < -0.39 is 24.2 Å². The summed E-state index contributed by atoms with van der Waals surface area (Å²) in [6.45, 7) is 4.13. The minimum atomic E-state index is -1.13. The van der Waals surface area contributed by atoms with E-state index in [4.69, 9.17) is 0 Å². The average Bonchev–Trinajstić information content (AvgIpc) is 3.07. The van der Waals surface area contributed by atoms with Crippen molar-refractivity contribution in [3.63, 3.8) is 0 Å². The Hall–Kier alpha value is -1.69. The maximum absolute atomic E-state index is 12.4. The first-order valence-corrected chi connectivity index (χ1v) is 20.0. The van der Waals surface area contributed by atoms with Crippen LogP contribution in [0.5, 0.6) is 0 Å². The number of hydrogen-bond acceptors (Lipinski definition) is 4. The van der Waals surface area contributed by atoms with E-state index in [2.05, 4.69) is 55.6 Å². The number of aliphatic hydroxyl groups is 3. The van der Waals surface area contributed by atoms with Gasteiger partial charge in [-0.25, -0.2) is 0 Å². The van der Waals surface area contributed by atoms with Crippen LogP contribution in [-0.2, 0) is 4.79 Å². The summed E-state index contributed by atoms with van der Waals surface area (Å²) in [5.41, 5.74) is 0. The van der Waals surface area contributed by atoms with E-state index in [9.17, 15) is 20.1 Å². The van der Waals surface area contributed by atoms with Gasteiger partial charge in [0.2, 0.25) is 5.91 Å². The second kappa shape index (κ2) is 37.1. The highest BCUT2D eigenvalue weighted by atomic mass is 16.3. The summed E-state index contributed by atoms with van der Waals surface area (Å²) in [4.78, 5) is 12.4. The summed E-state index contributed by atoms with van der Waals surface area (Å²) in [5, 5.41) is 32.9. The molecule has 0 saturated heterocycles. The molecule has 1 amide bonds. The van der Waals surface area contributed by atoms with Gasteiger partial charge in [0.05, 0.1) is 18.8 Å². The van der Waals surface area contributed by atoms with Gasteiger partial charge in [-0.1, -0.05) is 165 Å². The average molecular weight is 660 g/mol. The molecule has 0 fully saturated rings. The molecule has 0 aliphatic heterocycles. The molecule has 3 atom stereocenters. The lowest BCUT2D eigenvalue weighted by Gasteiger charge is -2.21. The molecule has 0 aromatic rings. The molecule has 0 aromatic heterocycles. The lowest BCUT2D eigenvalue weighted by atomic mass is 10.1. The smallest absolute Gasteiger partial charge is 0.249 e. The molecule has 47 heavy (non-hydrogen) atoms. The van der Waals surface area contributed by atoms with E-state index in [0.717, 1.165) is 51.4 Å². The van der Waals surface area contributed by atoms with Crippen LogP contribution in [0.3, 0.4) is 0 Å². The number of amides is 1. The van der Waals surface area contributed by atoms with E-state index in [1.807, 2.05) is 6.08 Å². The Morgan fingerprint density at radius 3 is 1.30 bits per heavy atom. The zero-order chi connectivity index (χ0) is 34.5. The Kier molecular flexibility index (Phi) is 35.8. The second-order valence-electron chi connectivity index (χ2n) is 13.5. The summed E-state index contributed by atoms with van der Waals surface area (Å²) in [7, 11) is 0. The molecule has 0 rings (SSSR count). The summed E-state index contributed by atoms with van der Waals surface area (Å²) in [6, 6.07) is -0.828. The van der Waals surface area contributed by atoms with Gasteiger partial charge in [-0.3, -0.25) is 4.79 Å². The van der Waals surface area contributed by atoms with Crippen LogP contribution in [0.25, 0.3) is 0 Å². The molecule has 0 bridgehead atoms. The number of carbonyl (C=O) groups is 1. The largest absolute Gasteiger partial charge is 0.394 e. The highest BCUT2D eigenvalue weighted by Gasteiger charge is 2.22. The fourth-order valence-electron chi connectivity index (χ4n) is 5.68. The van der Waals surface area contributed by atoms with E-state index in [1.165, 1.54) is 116 Å². The van der Waals surface area contributed by atoms with Crippen molar-refractivity contribution in [3.8, 4) is 0 Å². The van der Waals surface area contributed by atoms with Gasteiger partial charge in [0, 0.05) is 0 Å². The maximum atomic E-state index is 12.4. The van der Waals surface area contributed by atoms with Gasteiger partial charge >= 0.3 is 0 Å². The second-order valence-corrected chi connectivity index (χ2v) is 13.5. The fourth-order valence-corrected chi connectivity index (χ4v) is 5.68. The van der Waals surface area contributed by atoms with Crippen LogP contribution >= 0.6 is 0 Å². The van der Waals surface area contributed by atoms with Gasteiger partial charge < -0.3 is 20.6 Å². The van der Waals surface area contributed by atoms with Gasteiger partial charge in [-0.15, -0.1) is 0 Å². The van der Waals surface area contributed by atoms with Crippen molar-refractivity contribution in [3.05, 3.63) is 48.6 Å². The summed E-state index contributed by atoms with van der Waals surface area (Å²) >= 11 is 0. The Morgan fingerprint density at radius 2 is 0.872 bits per heavy atom. The van der Waals surface area contributed by atoms with Crippen LogP contribution < -0.4 is 5.32 Å². The molecule has 3 unspecified atom stereocenters. The molecule has 4 N–H and O–H groups in total. The highest BCUT2D eigenvalue weighted by Crippen LogP contribution is 2.13. The van der Waals surface area contributed by atoms with Crippen LogP contribution in [-0.4, -0.2) is 46.1 Å². The predicted molar refractivity (Wildman–Crippen MR) is 204 cm³/mol. The van der Waals surface area contributed by atoms with Crippen molar-refractivity contribution in [2.75, 3.05) is 6.61 Å². The number of hydrogen-bond donors (Lipinski definition) is 4. The van der Waals surface area contributed by atoms with Gasteiger partial charge in [0.15, 0.2) is 0 Å². The molecular weight excluding hydrogens is 582 g/mol. The predicted octanol–water partition coefficient (Wildman–Crippen LogP) is 11.0. The number of rotatable bonds is 35. The highest BCUT2D eigenvalue weighted by molar-refractivity contribution is 5.80. The minimum absolute atomic E-state index is 0.378. The van der Waals surface area contributed by atoms with E-state index in [1.54, 1.807) is 6.08 Å². The first-order chi connectivity index (χ1) is 23.1. The van der Waals surface area contributed by atoms with Gasteiger partial charge in [0.1, 0.15) is 6.10 Å². The molecule has 0 spiro atoms. The molecule has 274 valence electrons. The Morgan fingerprint density at radius 1 is 0.511 bits per heavy atom. The van der Waals surface area contributed by atoms with Crippen molar-refractivity contribution in [1.82, 2.24) is 5.32 Å². The third-order valence-electron chi connectivity index (χ3n) is 8.87. The standard InChI is InChI=1S/C42H77NO4/c1-3-5-7-9-11-13-15-17-18-19-20-21-22-23-24-25-27-28-30-32-34-36-40(45)39(38-44)43-42(47)41(46)37-35-33-31-29-26-16-14-12-10-8-6-4-2/h22-23,26-29,34,36,39-41,44-46H,3-21,24-25,30-33,35,37-38H2,1-2H3,(H,43,47)/b23-22+,28-27+,29-26-,36-34+. The van der Waals surface area contributed by atoms with Crippen LogP contribution in [0.1, 0.15) is 187 Å². The first-order valence-electron chi connectivity index (χ1n) is 20.0. The van der Waals surface area contributed by atoms with Crippen molar-refractivity contribution in [2.45, 2.75) is 205 Å². The molecule has 0 saturated carbocycles. The topological polar surface area (TPSA) is 89.8 Å². The Labute approximate surface area is 291 Å². The molecule has 0 heterocycles. The van der Waals surface area contributed by atoms with Gasteiger partial charge in [0.25, 0.3) is 0 Å². The lowest BCUT2D eigenvalue weighted by molar-refractivity contribution is -0.131. The monoisotopic (exact) mass is 660 g/mol. The third kappa shape index (κ3) is 32.6. The lowest BCUT2D eigenvalue weighted by Crippen LogP contribution is -2.48. The number of aliphatic hydroxyl groups excluding tert-OH is 3. The van der Waals surface area contributed by atoms with Crippen molar-refractivity contribution in [2.24, 2.45) is 0 Å². The summed E-state index contributed by atoms with van der Waals surface area (Å²) in [5.74, 6) is -0.536. The van der Waals surface area contributed by atoms with Crippen molar-refractivity contribution in [1.29, 1.82) is 0 Å². The fraction of sp³-hybridized carbons (Fsp3) is 0.786. The normalized spacial score (nSPS) is 14.2. The summed E-state index contributed by atoms with van der Waals surface area (Å²) < 4.78 is 0. The van der Waals surface area contributed by atoms with Gasteiger partial charge in [-0.05, 0) is 70.6 Å². The Bertz CT molecular complexity index is 775. The number of allylic oxidation sites excluding steroid dienone is 7. The van der Waals surface area contributed by atoms with Crippen LogP contribution in [0, 0.1) is 0 Å². The minimum Gasteiger partial charge on any atom is -0.394 e. The molecular formula is C42H77NO4. The van der Waals surface area contributed by atoms with Gasteiger partial charge in [-0.2, -0.15) is 0 Å².